The lowest BCUT2D eigenvalue weighted by Crippen LogP contribution is -2.58. The van der Waals surface area contributed by atoms with E-state index in [9.17, 15) is 14.4 Å². The minimum Gasteiger partial charge on any atom is -0.353 e. The molecule has 2 saturated heterocycles. The van der Waals surface area contributed by atoms with E-state index in [1.807, 2.05) is 31.2 Å². The van der Waals surface area contributed by atoms with E-state index >= 15 is 0 Å². The number of halogens is 1. The van der Waals surface area contributed by atoms with Crippen LogP contribution in [0.4, 0.5) is 5.69 Å². The van der Waals surface area contributed by atoms with Gasteiger partial charge in [0.2, 0.25) is 17.7 Å². The van der Waals surface area contributed by atoms with Gasteiger partial charge in [-0.25, -0.2) is 0 Å². The maximum absolute atomic E-state index is 12.9. The van der Waals surface area contributed by atoms with Crippen LogP contribution in [0.5, 0.6) is 0 Å². The van der Waals surface area contributed by atoms with Crippen molar-refractivity contribution < 1.29 is 14.4 Å². The Morgan fingerprint density at radius 3 is 2.75 bits per heavy atom. The summed E-state index contributed by atoms with van der Waals surface area (Å²) in [5.41, 5.74) is 0.779. The van der Waals surface area contributed by atoms with E-state index in [1.54, 1.807) is 9.80 Å². The first-order valence-electron chi connectivity index (χ1n) is 8.18. The number of carbonyl (C=O) groups is 3. The van der Waals surface area contributed by atoms with Crippen LogP contribution in [0.15, 0.2) is 28.7 Å². The third-order valence-electron chi connectivity index (χ3n) is 4.65. The highest BCUT2D eigenvalue weighted by molar-refractivity contribution is 9.10. The first-order chi connectivity index (χ1) is 11.5. The van der Waals surface area contributed by atoms with Gasteiger partial charge in [-0.3, -0.25) is 14.4 Å². The average molecular weight is 394 g/mol. The summed E-state index contributed by atoms with van der Waals surface area (Å²) < 4.78 is 0.829. The molecule has 0 spiro atoms. The monoisotopic (exact) mass is 393 g/mol. The van der Waals surface area contributed by atoms with E-state index in [2.05, 4.69) is 21.2 Å². The third kappa shape index (κ3) is 2.92. The largest absolute Gasteiger partial charge is 0.353 e. The lowest BCUT2D eigenvalue weighted by Gasteiger charge is -2.35. The van der Waals surface area contributed by atoms with Gasteiger partial charge in [0, 0.05) is 24.1 Å². The van der Waals surface area contributed by atoms with Gasteiger partial charge in [-0.05, 0) is 40.9 Å². The van der Waals surface area contributed by atoms with Crippen LogP contribution >= 0.6 is 15.9 Å². The molecule has 0 radical (unpaired) electrons. The van der Waals surface area contributed by atoms with Crippen molar-refractivity contribution in [3.05, 3.63) is 28.7 Å². The van der Waals surface area contributed by atoms with Gasteiger partial charge < -0.3 is 15.1 Å². The van der Waals surface area contributed by atoms with Crippen molar-refractivity contribution in [2.24, 2.45) is 5.92 Å². The zero-order chi connectivity index (χ0) is 17.3. The van der Waals surface area contributed by atoms with Gasteiger partial charge in [-0.1, -0.05) is 19.1 Å². The summed E-state index contributed by atoms with van der Waals surface area (Å²) in [5.74, 6) is -1.24. The van der Waals surface area contributed by atoms with Crippen molar-refractivity contribution in [1.82, 2.24) is 10.2 Å². The minimum atomic E-state index is -0.697. The molecule has 1 aromatic rings. The van der Waals surface area contributed by atoms with Gasteiger partial charge in [0.15, 0.2) is 0 Å². The van der Waals surface area contributed by atoms with Crippen LogP contribution in [0.1, 0.15) is 19.8 Å². The van der Waals surface area contributed by atoms with Gasteiger partial charge in [-0.15, -0.1) is 0 Å². The normalized spacial score (nSPS) is 24.2. The highest BCUT2D eigenvalue weighted by atomic mass is 79.9. The molecule has 3 rings (SSSR count). The molecule has 1 N–H and O–H groups in total. The summed E-state index contributed by atoms with van der Waals surface area (Å²) in [4.78, 5) is 40.8. The van der Waals surface area contributed by atoms with Crippen LogP contribution in [0.3, 0.4) is 0 Å². The molecular formula is C17H20BrN3O3. The van der Waals surface area contributed by atoms with Crippen molar-refractivity contribution in [1.29, 1.82) is 0 Å². The number of amides is 3. The molecule has 2 aliphatic heterocycles. The van der Waals surface area contributed by atoms with Crippen LogP contribution in [-0.2, 0) is 14.4 Å². The molecule has 3 amide bonds. The smallest absolute Gasteiger partial charge is 0.242 e. The Morgan fingerprint density at radius 1 is 1.29 bits per heavy atom. The molecule has 2 atom stereocenters. The molecule has 128 valence electrons. The quantitative estimate of drug-likeness (QED) is 0.791. The topological polar surface area (TPSA) is 69.7 Å². The number of piperazine rings is 1. The number of anilines is 1. The number of carbonyl (C=O) groups excluding carboxylic acids is 3. The Bertz CT molecular complexity index is 679. The lowest BCUT2D eigenvalue weighted by atomic mass is 10.0. The average Bonchev–Trinajstić information content (AvgIpc) is 2.96. The van der Waals surface area contributed by atoms with E-state index in [4.69, 9.17) is 0 Å². The Labute approximate surface area is 149 Å². The number of rotatable bonds is 3. The summed E-state index contributed by atoms with van der Waals surface area (Å²) in [5, 5.41) is 2.78. The number of hydrogen-bond donors (Lipinski definition) is 1. The van der Waals surface area contributed by atoms with Crippen LogP contribution in [-0.4, -0.2) is 48.3 Å². The molecule has 0 aromatic heterocycles. The maximum atomic E-state index is 12.9. The van der Waals surface area contributed by atoms with Crippen LogP contribution < -0.4 is 10.2 Å². The van der Waals surface area contributed by atoms with Crippen molar-refractivity contribution in [2.45, 2.75) is 25.8 Å². The highest BCUT2D eigenvalue weighted by Crippen LogP contribution is 2.32. The fourth-order valence-corrected chi connectivity index (χ4v) is 3.90. The summed E-state index contributed by atoms with van der Waals surface area (Å²) >= 11 is 3.45. The standard InChI is InChI=1S/C17H20BrN3O3/c1-2-13-15(22)19-8-10-21(13)17(24)11-7-9-20(16(11)23)14-6-4-3-5-12(14)18/h3-6,11,13H,2,7-10H2,1H3,(H,19,22). The zero-order valence-electron chi connectivity index (χ0n) is 13.5. The fourth-order valence-electron chi connectivity index (χ4n) is 3.40. The van der Waals surface area contributed by atoms with Gasteiger partial charge >= 0.3 is 0 Å². The predicted molar refractivity (Wildman–Crippen MR) is 93.4 cm³/mol. The van der Waals surface area contributed by atoms with Crippen molar-refractivity contribution in [2.75, 3.05) is 24.5 Å². The first kappa shape index (κ1) is 17.0. The Hall–Kier alpha value is -1.89. The molecule has 24 heavy (non-hydrogen) atoms. The Morgan fingerprint density at radius 2 is 2.04 bits per heavy atom. The van der Waals surface area contributed by atoms with Gasteiger partial charge in [0.05, 0.1) is 5.69 Å². The molecule has 2 heterocycles. The highest BCUT2D eigenvalue weighted by Gasteiger charge is 2.43. The van der Waals surface area contributed by atoms with Gasteiger partial charge in [0.1, 0.15) is 12.0 Å². The van der Waals surface area contributed by atoms with Crippen molar-refractivity contribution >= 4 is 39.3 Å². The predicted octanol–water partition coefficient (Wildman–Crippen LogP) is 1.54. The first-order valence-corrected chi connectivity index (χ1v) is 8.98. The van der Waals surface area contributed by atoms with E-state index in [1.165, 1.54) is 0 Å². The molecule has 1 aromatic carbocycles. The number of nitrogens with zero attached hydrogens (tertiary/aromatic N) is 2. The second-order valence-electron chi connectivity index (χ2n) is 6.03. The number of para-hydroxylation sites is 1. The molecule has 0 saturated carbocycles. The van der Waals surface area contributed by atoms with E-state index in [0.29, 0.717) is 32.5 Å². The molecule has 7 heteroatoms. The Balaban J connectivity index is 1.78. The van der Waals surface area contributed by atoms with Crippen molar-refractivity contribution in [3.8, 4) is 0 Å². The lowest BCUT2D eigenvalue weighted by molar-refractivity contribution is -0.148. The molecule has 0 aliphatic carbocycles. The second kappa shape index (κ2) is 6.93. The maximum Gasteiger partial charge on any atom is 0.242 e. The molecule has 2 aliphatic rings. The fraction of sp³-hybridized carbons (Fsp3) is 0.471. The van der Waals surface area contributed by atoms with Crippen LogP contribution in [0, 0.1) is 5.92 Å². The SMILES string of the molecule is CCC1C(=O)NCCN1C(=O)C1CCN(c2ccccc2Br)C1=O. The van der Waals surface area contributed by atoms with E-state index in [0.717, 1.165) is 10.2 Å². The van der Waals surface area contributed by atoms with Crippen LogP contribution in [0.25, 0.3) is 0 Å². The third-order valence-corrected chi connectivity index (χ3v) is 5.32. The van der Waals surface area contributed by atoms with Crippen molar-refractivity contribution in [3.63, 3.8) is 0 Å². The van der Waals surface area contributed by atoms with E-state index < -0.39 is 12.0 Å². The summed E-state index contributed by atoms with van der Waals surface area (Å²) in [6.45, 7) is 3.28. The molecule has 2 unspecified atom stereocenters. The van der Waals surface area contributed by atoms with Crippen LogP contribution in [0.2, 0.25) is 0 Å². The molecular weight excluding hydrogens is 374 g/mol. The molecule has 0 bridgehead atoms. The van der Waals surface area contributed by atoms with E-state index in [-0.39, 0.29) is 17.7 Å². The summed E-state index contributed by atoms with van der Waals surface area (Å²) in [7, 11) is 0. The summed E-state index contributed by atoms with van der Waals surface area (Å²) in [6.07, 6.45) is 1.03. The van der Waals surface area contributed by atoms with Gasteiger partial charge in [-0.2, -0.15) is 0 Å². The number of benzene rings is 1. The minimum absolute atomic E-state index is 0.134. The Kier molecular flexibility index (Phi) is 4.89. The molecule has 6 nitrogen and oxygen atoms in total. The second-order valence-corrected chi connectivity index (χ2v) is 6.88. The summed E-state index contributed by atoms with van der Waals surface area (Å²) in [6, 6.07) is 7.01. The molecule has 2 fully saturated rings. The number of hydrogen-bond acceptors (Lipinski definition) is 3. The zero-order valence-corrected chi connectivity index (χ0v) is 15.1. The number of nitrogens with one attached hydrogen (secondary N) is 1. The van der Waals surface area contributed by atoms with Gasteiger partial charge in [0.25, 0.3) is 0 Å².